The first-order chi connectivity index (χ1) is 9.11. The van der Waals surface area contributed by atoms with Crippen LogP contribution in [0, 0.1) is 5.82 Å². The minimum Gasteiger partial charge on any atom is -0.327 e. The lowest BCUT2D eigenvalue weighted by molar-refractivity contribution is 0.531. The number of nitrogens with two attached hydrogens (primary N) is 1. The van der Waals surface area contributed by atoms with Gasteiger partial charge in [-0.3, -0.25) is 0 Å². The summed E-state index contributed by atoms with van der Waals surface area (Å²) in [5, 5.41) is 0. The van der Waals surface area contributed by atoms with Crippen molar-refractivity contribution in [1.82, 2.24) is 0 Å². The van der Waals surface area contributed by atoms with E-state index < -0.39 is 0 Å². The summed E-state index contributed by atoms with van der Waals surface area (Å²) in [6.07, 6.45) is 9.50. The molecule has 0 spiro atoms. The third-order valence-electron chi connectivity index (χ3n) is 3.35. The number of halogens is 2. The fourth-order valence-corrected chi connectivity index (χ4v) is 2.83. The summed E-state index contributed by atoms with van der Waals surface area (Å²) in [5.74, 6) is -0.198. The van der Waals surface area contributed by atoms with Crippen molar-refractivity contribution in [2.45, 2.75) is 64.3 Å². The molecule has 0 aromatic heterocycles. The summed E-state index contributed by atoms with van der Waals surface area (Å²) in [5.41, 5.74) is 7.09. The molecule has 0 bridgehead atoms. The van der Waals surface area contributed by atoms with Gasteiger partial charge in [0.25, 0.3) is 0 Å². The fraction of sp³-hybridized carbons (Fsp3) is 0.625. The van der Waals surface area contributed by atoms with E-state index in [1.807, 2.05) is 6.07 Å². The van der Waals surface area contributed by atoms with Crippen LogP contribution in [0.25, 0.3) is 0 Å². The van der Waals surface area contributed by atoms with Crippen molar-refractivity contribution >= 4 is 15.9 Å². The first kappa shape index (κ1) is 16.6. The van der Waals surface area contributed by atoms with E-state index in [4.69, 9.17) is 5.73 Å². The quantitative estimate of drug-likeness (QED) is 0.618. The van der Waals surface area contributed by atoms with Crippen LogP contribution < -0.4 is 5.73 Å². The molecule has 1 rings (SSSR count). The Kier molecular flexibility index (Phi) is 8.31. The number of unbranched alkanes of at least 4 members (excludes halogenated alkanes) is 5. The van der Waals surface area contributed by atoms with Crippen molar-refractivity contribution in [3.05, 3.63) is 34.1 Å². The zero-order valence-electron chi connectivity index (χ0n) is 11.8. The largest absolute Gasteiger partial charge is 0.327 e. The normalized spacial score (nSPS) is 12.6. The van der Waals surface area contributed by atoms with Gasteiger partial charge in [0.1, 0.15) is 5.82 Å². The summed E-state index contributed by atoms with van der Waals surface area (Å²) >= 11 is 3.31. The second-order valence-electron chi connectivity index (χ2n) is 5.30. The second-order valence-corrected chi connectivity index (χ2v) is 6.21. The minimum absolute atomic E-state index is 0.139. The summed E-state index contributed by atoms with van der Waals surface area (Å²) in [7, 11) is 0. The molecular formula is C16H25BrFN. The molecule has 0 saturated carbocycles. The van der Waals surface area contributed by atoms with Crippen molar-refractivity contribution in [3.8, 4) is 0 Å². The summed E-state index contributed by atoms with van der Waals surface area (Å²) in [6.45, 7) is 2.23. The van der Waals surface area contributed by atoms with E-state index in [-0.39, 0.29) is 11.9 Å². The van der Waals surface area contributed by atoms with Crippen LogP contribution >= 0.6 is 15.9 Å². The molecule has 1 aromatic rings. The Labute approximate surface area is 124 Å². The van der Waals surface area contributed by atoms with Crippen molar-refractivity contribution < 1.29 is 4.39 Å². The average Bonchev–Trinajstić information content (AvgIpc) is 2.32. The molecule has 1 unspecified atom stereocenters. The molecule has 0 saturated heterocycles. The molecule has 1 atom stereocenters. The fourth-order valence-electron chi connectivity index (χ4n) is 2.32. The maximum Gasteiger partial charge on any atom is 0.124 e. The van der Waals surface area contributed by atoms with Crippen LogP contribution in [-0.2, 0) is 6.42 Å². The Hall–Kier alpha value is -0.410. The predicted octanol–water partition coefficient (Wildman–Crippen LogP) is 5.21. The molecule has 2 N–H and O–H groups in total. The zero-order valence-corrected chi connectivity index (χ0v) is 13.4. The van der Waals surface area contributed by atoms with Gasteiger partial charge in [0.2, 0.25) is 0 Å². The maximum absolute atomic E-state index is 13.2. The van der Waals surface area contributed by atoms with E-state index in [9.17, 15) is 4.39 Å². The van der Waals surface area contributed by atoms with Crippen LogP contribution in [0.15, 0.2) is 22.7 Å². The summed E-state index contributed by atoms with van der Waals surface area (Å²) in [4.78, 5) is 0. The highest BCUT2D eigenvalue weighted by molar-refractivity contribution is 9.10. The number of hydrogen-bond acceptors (Lipinski definition) is 1. The molecule has 0 aliphatic carbocycles. The van der Waals surface area contributed by atoms with E-state index >= 15 is 0 Å². The predicted molar refractivity (Wildman–Crippen MR) is 83.8 cm³/mol. The Morgan fingerprint density at radius 3 is 2.47 bits per heavy atom. The van der Waals surface area contributed by atoms with Gasteiger partial charge < -0.3 is 5.73 Å². The molecule has 108 valence electrons. The lowest BCUT2D eigenvalue weighted by Gasteiger charge is -2.12. The van der Waals surface area contributed by atoms with E-state index in [1.165, 1.54) is 44.6 Å². The standard InChI is InChI=1S/C16H25BrFN/c1-2-3-4-5-6-7-8-16(19)11-13-9-14(17)12-15(18)10-13/h9-10,12,16H,2-8,11,19H2,1H3. The van der Waals surface area contributed by atoms with Crippen molar-refractivity contribution in [2.24, 2.45) is 5.73 Å². The van der Waals surface area contributed by atoms with E-state index in [1.54, 1.807) is 6.07 Å². The minimum atomic E-state index is -0.198. The van der Waals surface area contributed by atoms with Gasteiger partial charge in [-0.15, -0.1) is 0 Å². The van der Waals surface area contributed by atoms with Crippen molar-refractivity contribution in [1.29, 1.82) is 0 Å². The van der Waals surface area contributed by atoms with Crippen molar-refractivity contribution in [2.75, 3.05) is 0 Å². The number of hydrogen-bond donors (Lipinski definition) is 1. The Bertz CT molecular complexity index is 348. The highest BCUT2D eigenvalue weighted by Crippen LogP contribution is 2.17. The van der Waals surface area contributed by atoms with Gasteiger partial charge in [-0.2, -0.15) is 0 Å². The smallest absolute Gasteiger partial charge is 0.124 e. The van der Waals surface area contributed by atoms with Crippen LogP contribution in [-0.4, -0.2) is 6.04 Å². The third-order valence-corrected chi connectivity index (χ3v) is 3.81. The van der Waals surface area contributed by atoms with Crippen molar-refractivity contribution in [3.63, 3.8) is 0 Å². The molecule has 1 aromatic carbocycles. The zero-order chi connectivity index (χ0) is 14.1. The van der Waals surface area contributed by atoms with Gasteiger partial charge in [0.15, 0.2) is 0 Å². The molecule has 19 heavy (non-hydrogen) atoms. The molecule has 0 aliphatic rings. The van der Waals surface area contributed by atoms with Gasteiger partial charge in [0.05, 0.1) is 0 Å². The van der Waals surface area contributed by atoms with Gasteiger partial charge in [-0.25, -0.2) is 4.39 Å². The Balaban J connectivity index is 2.21. The number of benzene rings is 1. The van der Waals surface area contributed by atoms with Crippen LogP contribution in [0.3, 0.4) is 0 Å². The van der Waals surface area contributed by atoms with E-state index in [0.29, 0.717) is 0 Å². The topological polar surface area (TPSA) is 26.0 Å². The highest BCUT2D eigenvalue weighted by atomic mass is 79.9. The van der Waals surface area contributed by atoms with Crippen LogP contribution in [0.4, 0.5) is 4.39 Å². The first-order valence-electron chi connectivity index (χ1n) is 7.32. The summed E-state index contributed by atoms with van der Waals surface area (Å²) in [6, 6.07) is 5.14. The number of rotatable bonds is 9. The first-order valence-corrected chi connectivity index (χ1v) is 8.11. The van der Waals surface area contributed by atoms with Crippen LogP contribution in [0.1, 0.15) is 57.4 Å². The Morgan fingerprint density at radius 2 is 1.79 bits per heavy atom. The van der Waals surface area contributed by atoms with Crippen LogP contribution in [0.2, 0.25) is 0 Å². The van der Waals surface area contributed by atoms with Gasteiger partial charge in [-0.1, -0.05) is 61.4 Å². The lowest BCUT2D eigenvalue weighted by Crippen LogP contribution is -2.22. The highest BCUT2D eigenvalue weighted by Gasteiger charge is 2.06. The SMILES string of the molecule is CCCCCCCCC(N)Cc1cc(F)cc(Br)c1. The maximum atomic E-state index is 13.2. The molecular weight excluding hydrogens is 305 g/mol. The average molecular weight is 330 g/mol. The molecule has 0 radical (unpaired) electrons. The third kappa shape index (κ3) is 7.68. The molecule has 0 fully saturated rings. The molecule has 0 aliphatic heterocycles. The molecule has 0 heterocycles. The van der Waals surface area contributed by atoms with Gasteiger partial charge >= 0.3 is 0 Å². The second kappa shape index (κ2) is 9.49. The van der Waals surface area contributed by atoms with Crippen LogP contribution in [0.5, 0.6) is 0 Å². The monoisotopic (exact) mass is 329 g/mol. The van der Waals surface area contributed by atoms with Gasteiger partial charge in [-0.05, 0) is 36.6 Å². The summed E-state index contributed by atoms with van der Waals surface area (Å²) < 4.78 is 14.0. The van der Waals surface area contributed by atoms with E-state index in [2.05, 4.69) is 22.9 Å². The van der Waals surface area contributed by atoms with E-state index in [0.717, 1.165) is 22.9 Å². The lowest BCUT2D eigenvalue weighted by atomic mass is 10.0. The molecule has 3 heteroatoms. The Morgan fingerprint density at radius 1 is 1.11 bits per heavy atom. The molecule has 0 amide bonds. The van der Waals surface area contributed by atoms with Gasteiger partial charge in [0, 0.05) is 10.5 Å². The molecule has 1 nitrogen and oxygen atoms in total.